The second kappa shape index (κ2) is 8.53. The predicted octanol–water partition coefficient (Wildman–Crippen LogP) is 3.99. The highest BCUT2D eigenvalue weighted by Gasteiger charge is 2.14. The zero-order valence-corrected chi connectivity index (χ0v) is 15.9. The molecular weight excluding hydrogens is 368 g/mol. The van der Waals surface area contributed by atoms with E-state index in [2.05, 4.69) is 15.1 Å². The van der Waals surface area contributed by atoms with Crippen LogP contribution in [0.5, 0.6) is 17.5 Å². The zero-order valence-electron chi connectivity index (χ0n) is 15.9. The largest absolute Gasteiger partial charge is 0.481 e. The summed E-state index contributed by atoms with van der Waals surface area (Å²) in [5, 5.41) is 13.6. The molecule has 0 aliphatic heterocycles. The highest BCUT2D eigenvalue weighted by molar-refractivity contribution is 5.67. The Kier molecular flexibility index (Phi) is 5.49. The van der Waals surface area contributed by atoms with Crippen LogP contribution in [-0.2, 0) is 0 Å². The summed E-state index contributed by atoms with van der Waals surface area (Å²) in [6, 6.07) is 16.8. The molecule has 146 valence electrons. The average Bonchev–Trinajstić information content (AvgIpc) is 3.18. The van der Waals surface area contributed by atoms with Crippen LogP contribution in [0.25, 0.3) is 23.1 Å². The number of para-hydroxylation sites is 1. The number of fused-ring (bicyclic) bond motifs is 1. The lowest BCUT2D eigenvalue weighted by molar-refractivity contribution is 0.303. The first-order valence-electron chi connectivity index (χ1n) is 9.19. The summed E-state index contributed by atoms with van der Waals surface area (Å²) in [4.78, 5) is 9.04. The van der Waals surface area contributed by atoms with Gasteiger partial charge in [-0.3, -0.25) is 0 Å². The Labute approximate surface area is 167 Å². The van der Waals surface area contributed by atoms with Gasteiger partial charge in [-0.1, -0.05) is 36.4 Å². The summed E-state index contributed by atoms with van der Waals surface area (Å²) in [6.45, 7) is 0.109. The van der Waals surface area contributed by atoms with Crippen LogP contribution >= 0.6 is 0 Å². The summed E-state index contributed by atoms with van der Waals surface area (Å²) in [5.41, 5.74) is 2.24. The molecule has 4 aromatic rings. The number of aliphatic hydroxyl groups excluding tert-OH is 1. The molecule has 1 aromatic carbocycles. The summed E-state index contributed by atoms with van der Waals surface area (Å²) in [7, 11) is 1.57. The fourth-order valence-electron chi connectivity index (χ4n) is 2.81. The Morgan fingerprint density at radius 3 is 2.72 bits per heavy atom. The fourth-order valence-corrected chi connectivity index (χ4v) is 2.81. The Morgan fingerprint density at radius 1 is 1.07 bits per heavy atom. The van der Waals surface area contributed by atoms with E-state index in [0.29, 0.717) is 35.4 Å². The van der Waals surface area contributed by atoms with E-state index in [0.717, 1.165) is 11.1 Å². The second-order valence-electron chi connectivity index (χ2n) is 6.24. The highest BCUT2D eigenvalue weighted by atomic mass is 16.5. The minimum Gasteiger partial charge on any atom is -0.481 e. The van der Waals surface area contributed by atoms with Crippen LogP contribution in [0.1, 0.15) is 12.0 Å². The Bertz CT molecular complexity index is 1140. The van der Waals surface area contributed by atoms with Crippen LogP contribution < -0.4 is 9.47 Å². The van der Waals surface area contributed by atoms with Crippen molar-refractivity contribution in [3.05, 3.63) is 72.4 Å². The molecule has 0 aliphatic carbocycles. The number of hydrogen-bond donors (Lipinski definition) is 1. The van der Waals surface area contributed by atoms with Gasteiger partial charge in [0.05, 0.1) is 7.11 Å². The quantitative estimate of drug-likeness (QED) is 0.516. The molecule has 0 fully saturated rings. The molecule has 29 heavy (non-hydrogen) atoms. The molecule has 0 radical (unpaired) electrons. The fraction of sp³-hybridized carbons (Fsp3) is 0.136. The molecule has 0 spiro atoms. The molecule has 3 aromatic heterocycles. The van der Waals surface area contributed by atoms with Gasteiger partial charge in [0.2, 0.25) is 17.6 Å². The summed E-state index contributed by atoms with van der Waals surface area (Å²) >= 11 is 0. The SMILES string of the molecule is COc1cccc(-c2nc(Oc3ccccc3)c3cc(/C=C/CCO)cn3n2)n1. The number of ether oxygens (including phenoxy) is 2. The molecule has 0 aliphatic rings. The van der Waals surface area contributed by atoms with Crippen molar-refractivity contribution in [2.24, 2.45) is 0 Å². The van der Waals surface area contributed by atoms with E-state index in [-0.39, 0.29) is 6.61 Å². The maximum Gasteiger partial charge on any atom is 0.247 e. The Hall–Kier alpha value is -3.71. The van der Waals surface area contributed by atoms with E-state index in [1.165, 1.54) is 0 Å². The molecule has 0 amide bonds. The summed E-state index contributed by atoms with van der Waals surface area (Å²) in [5.74, 6) is 2.00. The van der Waals surface area contributed by atoms with Crippen LogP contribution in [0, 0.1) is 0 Å². The van der Waals surface area contributed by atoms with Crippen molar-refractivity contribution < 1.29 is 14.6 Å². The average molecular weight is 388 g/mol. The molecule has 0 bridgehead atoms. The van der Waals surface area contributed by atoms with E-state index >= 15 is 0 Å². The minimum atomic E-state index is 0.109. The smallest absolute Gasteiger partial charge is 0.247 e. The number of rotatable bonds is 7. The lowest BCUT2D eigenvalue weighted by Gasteiger charge is -2.09. The molecular formula is C22H20N4O3. The van der Waals surface area contributed by atoms with Gasteiger partial charge in [0.25, 0.3) is 0 Å². The summed E-state index contributed by atoms with van der Waals surface area (Å²) < 4.78 is 13.0. The van der Waals surface area contributed by atoms with Crippen LogP contribution in [0.2, 0.25) is 0 Å². The van der Waals surface area contributed by atoms with Crippen molar-refractivity contribution in [2.75, 3.05) is 13.7 Å². The first kappa shape index (κ1) is 18.6. The number of benzene rings is 1. The number of pyridine rings is 1. The first-order chi connectivity index (χ1) is 14.3. The number of aliphatic hydroxyl groups is 1. The number of methoxy groups -OCH3 is 1. The summed E-state index contributed by atoms with van der Waals surface area (Å²) in [6.07, 6.45) is 6.31. The van der Waals surface area contributed by atoms with Crippen LogP contribution in [0.3, 0.4) is 0 Å². The van der Waals surface area contributed by atoms with E-state index in [9.17, 15) is 0 Å². The van der Waals surface area contributed by atoms with Crippen molar-refractivity contribution in [3.8, 4) is 29.0 Å². The van der Waals surface area contributed by atoms with Crippen molar-refractivity contribution in [1.82, 2.24) is 19.6 Å². The molecule has 3 heterocycles. The lowest BCUT2D eigenvalue weighted by Crippen LogP contribution is -2.02. The predicted molar refractivity (Wildman–Crippen MR) is 110 cm³/mol. The molecule has 1 N–H and O–H groups in total. The van der Waals surface area contributed by atoms with E-state index < -0.39 is 0 Å². The number of aromatic nitrogens is 4. The Balaban J connectivity index is 1.82. The van der Waals surface area contributed by atoms with Gasteiger partial charge in [0.15, 0.2) is 0 Å². The number of nitrogens with zero attached hydrogens (tertiary/aromatic N) is 4. The van der Waals surface area contributed by atoms with Gasteiger partial charge >= 0.3 is 0 Å². The second-order valence-corrected chi connectivity index (χ2v) is 6.24. The van der Waals surface area contributed by atoms with Crippen LogP contribution in [0.4, 0.5) is 0 Å². The highest BCUT2D eigenvalue weighted by Crippen LogP contribution is 2.28. The molecule has 0 atom stereocenters. The maximum absolute atomic E-state index is 8.98. The topological polar surface area (TPSA) is 81.8 Å². The third-order valence-corrected chi connectivity index (χ3v) is 4.18. The van der Waals surface area contributed by atoms with E-state index in [1.54, 1.807) is 17.7 Å². The van der Waals surface area contributed by atoms with Gasteiger partial charge in [-0.05, 0) is 36.2 Å². The van der Waals surface area contributed by atoms with Crippen molar-refractivity contribution in [3.63, 3.8) is 0 Å². The molecule has 7 nitrogen and oxygen atoms in total. The maximum atomic E-state index is 8.98. The molecule has 0 saturated heterocycles. The van der Waals surface area contributed by atoms with Crippen molar-refractivity contribution in [1.29, 1.82) is 0 Å². The monoisotopic (exact) mass is 388 g/mol. The standard InChI is InChI=1S/C22H20N4O3/c1-28-20-12-7-11-18(23-20)21-24-22(29-17-9-3-2-4-10-17)19-14-16(8-5-6-13-27)15-26(19)25-21/h2-5,7-12,14-15,27H,6,13H2,1H3/b8-5+. The van der Waals surface area contributed by atoms with Crippen molar-refractivity contribution in [2.45, 2.75) is 6.42 Å². The number of hydrogen-bond acceptors (Lipinski definition) is 6. The zero-order chi connectivity index (χ0) is 20.1. The normalized spacial score (nSPS) is 11.2. The molecule has 7 heteroatoms. The van der Waals surface area contributed by atoms with E-state index in [1.807, 2.05) is 66.9 Å². The Morgan fingerprint density at radius 2 is 1.93 bits per heavy atom. The van der Waals surface area contributed by atoms with Gasteiger partial charge in [-0.15, -0.1) is 5.10 Å². The van der Waals surface area contributed by atoms with Gasteiger partial charge in [-0.2, -0.15) is 4.98 Å². The van der Waals surface area contributed by atoms with Gasteiger partial charge < -0.3 is 14.6 Å². The van der Waals surface area contributed by atoms with Crippen LogP contribution in [0.15, 0.2) is 66.9 Å². The van der Waals surface area contributed by atoms with Crippen molar-refractivity contribution >= 4 is 11.6 Å². The molecule has 0 unspecified atom stereocenters. The molecule has 4 rings (SSSR count). The first-order valence-corrected chi connectivity index (χ1v) is 9.19. The van der Waals surface area contributed by atoms with Gasteiger partial charge in [0.1, 0.15) is 17.0 Å². The third kappa shape index (κ3) is 4.25. The van der Waals surface area contributed by atoms with E-state index in [4.69, 9.17) is 14.6 Å². The third-order valence-electron chi connectivity index (χ3n) is 4.18. The lowest BCUT2D eigenvalue weighted by atomic mass is 10.2. The molecule has 0 saturated carbocycles. The van der Waals surface area contributed by atoms with Gasteiger partial charge in [-0.25, -0.2) is 9.50 Å². The van der Waals surface area contributed by atoms with Gasteiger partial charge in [0, 0.05) is 18.9 Å². The van der Waals surface area contributed by atoms with Crippen LogP contribution in [-0.4, -0.2) is 38.4 Å². The minimum absolute atomic E-state index is 0.109.